The molecule has 0 bridgehead atoms. The van der Waals surface area contributed by atoms with Crippen molar-refractivity contribution in [3.63, 3.8) is 0 Å². The molecule has 10 heteroatoms. The first-order valence-corrected chi connectivity index (χ1v) is 8.84. The molecule has 2 heterocycles. The molecule has 1 aromatic carbocycles. The third-order valence-corrected chi connectivity index (χ3v) is 4.36. The maximum atomic E-state index is 14.6. The van der Waals surface area contributed by atoms with Crippen LogP contribution in [-0.4, -0.2) is 32.4 Å². The number of alkyl halides is 2. The van der Waals surface area contributed by atoms with Gasteiger partial charge in [-0.25, -0.2) is 4.39 Å². The molecule has 3 aromatic rings. The molecule has 0 fully saturated rings. The van der Waals surface area contributed by atoms with Gasteiger partial charge in [0, 0.05) is 17.8 Å². The first-order valence-electron chi connectivity index (χ1n) is 8.84. The number of amides is 1. The Bertz CT molecular complexity index is 1120. The Balaban J connectivity index is 1.87. The van der Waals surface area contributed by atoms with Gasteiger partial charge < -0.3 is 10.4 Å². The largest absolute Gasteiger partial charge is 0.390 e. The van der Waals surface area contributed by atoms with E-state index in [1.165, 1.54) is 37.5 Å². The van der Waals surface area contributed by atoms with Gasteiger partial charge >= 0.3 is 0 Å². The monoisotopic (exact) mass is 418 g/mol. The summed E-state index contributed by atoms with van der Waals surface area (Å²) in [5, 5.41) is 15.3. The molecule has 0 saturated carbocycles. The third-order valence-electron chi connectivity index (χ3n) is 4.36. The summed E-state index contributed by atoms with van der Waals surface area (Å²) < 4.78 is 43.0. The van der Waals surface area contributed by atoms with Gasteiger partial charge in [-0.05, 0) is 31.2 Å². The van der Waals surface area contributed by atoms with Crippen molar-refractivity contribution in [1.82, 2.24) is 20.1 Å². The maximum Gasteiger partial charge on any atom is 0.298 e. The lowest BCUT2D eigenvalue weighted by Gasteiger charge is -2.20. The first-order chi connectivity index (χ1) is 14.2. The van der Waals surface area contributed by atoms with Crippen molar-refractivity contribution in [2.45, 2.75) is 18.9 Å². The van der Waals surface area contributed by atoms with Crippen LogP contribution in [0.5, 0.6) is 0 Å². The van der Waals surface area contributed by atoms with Gasteiger partial charge in [0.2, 0.25) is 0 Å². The molecule has 2 aromatic heterocycles. The third kappa shape index (κ3) is 4.23. The van der Waals surface area contributed by atoms with E-state index < -0.39 is 41.4 Å². The number of aliphatic hydroxyl groups excluding tert-OH is 1. The standard InChI is InChI=1S/C20H17F3N4O3/c1-12(14-5-2-6-15(18(14)21)20(22,23)11-28)25-19(30)16-7-8-17(29)27(26-16)13-4-3-9-24-10-13/h2-10,12,28H,11H2,1H3,(H,25,30)/t12-/m1/s1. The van der Waals surface area contributed by atoms with Crippen LogP contribution in [0.3, 0.4) is 0 Å². The van der Waals surface area contributed by atoms with Crippen molar-refractivity contribution in [3.8, 4) is 5.69 Å². The molecule has 1 amide bonds. The summed E-state index contributed by atoms with van der Waals surface area (Å²) in [4.78, 5) is 28.5. The molecule has 0 spiro atoms. The fourth-order valence-electron chi connectivity index (χ4n) is 2.80. The summed E-state index contributed by atoms with van der Waals surface area (Å²) in [6.45, 7) is -0.137. The lowest BCUT2D eigenvalue weighted by Crippen LogP contribution is -2.31. The van der Waals surface area contributed by atoms with Crippen LogP contribution in [0.1, 0.15) is 34.6 Å². The number of aromatic nitrogens is 3. The summed E-state index contributed by atoms with van der Waals surface area (Å²) in [6.07, 6.45) is 2.90. The fourth-order valence-corrected chi connectivity index (χ4v) is 2.80. The van der Waals surface area contributed by atoms with Crippen LogP contribution in [0.15, 0.2) is 59.7 Å². The summed E-state index contributed by atoms with van der Waals surface area (Å²) in [6, 6.07) is 7.85. The maximum absolute atomic E-state index is 14.6. The van der Waals surface area contributed by atoms with Gasteiger partial charge in [-0.3, -0.25) is 14.6 Å². The second-order valence-corrected chi connectivity index (χ2v) is 6.45. The van der Waals surface area contributed by atoms with Crippen LogP contribution >= 0.6 is 0 Å². The fraction of sp³-hybridized carbons (Fsp3) is 0.200. The molecule has 3 rings (SSSR count). The Hall–Kier alpha value is -3.53. The van der Waals surface area contributed by atoms with Crippen molar-refractivity contribution in [3.05, 3.63) is 87.9 Å². The van der Waals surface area contributed by atoms with Crippen LogP contribution in [0, 0.1) is 5.82 Å². The topological polar surface area (TPSA) is 97.1 Å². The number of hydrogen-bond donors (Lipinski definition) is 2. The zero-order valence-electron chi connectivity index (χ0n) is 15.7. The van der Waals surface area contributed by atoms with Gasteiger partial charge in [0.25, 0.3) is 17.4 Å². The Morgan fingerprint density at radius 1 is 1.23 bits per heavy atom. The number of halogens is 3. The van der Waals surface area contributed by atoms with Gasteiger partial charge in [0.1, 0.15) is 18.1 Å². The highest BCUT2D eigenvalue weighted by molar-refractivity contribution is 5.92. The number of nitrogens with zero attached hydrogens (tertiary/aromatic N) is 3. The number of carbonyl (C=O) groups is 1. The lowest BCUT2D eigenvalue weighted by atomic mass is 10.0. The molecular weight excluding hydrogens is 401 g/mol. The van der Waals surface area contributed by atoms with Crippen LogP contribution < -0.4 is 10.9 Å². The molecule has 0 saturated heterocycles. The van der Waals surface area contributed by atoms with Gasteiger partial charge in [-0.1, -0.05) is 12.1 Å². The van der Waals surface area contributed by atoms with E-state index in [4.69, 9.17) is 5.11 Å². The second kappa shape index (κ2) is 8.46. The Morgan fingerprint density at radius 3 is 2.67 bits per heavy atom. The highest BCUT2D eigenvalue weighted by atomic mass is 19.3. The van der Waals surface area contributed by atoms with Crippen LogP contribution in [0.4, 0.5) is 13.2 Å². The van der Waals surface area contributed by atoms with Crippen LogP contribution in [-0.2, 0) is 5.92 Å². The summed E-state index contributed by atoms with van der Waals surface area (Å²) in [5.41, 5.74) is -1.43. The summed E-state index contributed by atoms with van der Waals surface area (Å²) in [5.74, 6) is -5.72. The van der Waals surface area contributed by atoms with Gasteiger partial charge in [-0.2, -0.15) is 18.6 Å². The Morgan fingerprint density at radius 2 is 2.00 bits per heavy atom. The van der Waals surface area contributed by atoms with E-state index in [2.05, 4.69) is 15.4 Å². The number of benzene rings is 1. The van der Waals surface area contributed by atoms with E-state index in [1.54, 1.807) is 12.1 Å². The first kappa shape index (κ1) is 21.2. The van der Waals surface area contributed by atoms with Crippen molar-refractivity contribution in [2.75, 3.05) is 6.61 Å². The minimum Gasteiger partial charge on any atom is -0.390 e. The Kier molecular flexibility index (Phi) is 5.97. The highest BCUT2D eigenvalue weighted by Crippen LogP contribution is 2.32. The molecule has 2 N–H and O–H groups in total. The zero-order valence-corrected chi connectivity index (χ0v) is 15.7. The molecule has 0 aliphatic rings. The molecule has 0 aliphatic carbocycles. The van der Waals surface area contributed by atoms with Gasteiger partial charge in [0.15, 0.2) is 0 Å². The summed E-state index contributed by atoms with van der Waals surface area (Å²) in [7, 11) is 0. The molecule has 0 unspecified atom stereocenters. The van der Waals surface area contributed by atoms with E-state index in [1.807, 2.05) is 0 Å². The lowest BCUT2D eigenvalue weighted by molar-refractivity contribution is -0.0584. The molecule has 156 valence electrons. The number of nitrogens with one attached hydrogen (secondary N) is 1. The van der Waals surface area contributed by atoms with Crippen LogP contribution in [0.25, 0.3) is 5.69 Å². The number of pyridine rings is 1. The zero-order chi connectivity index (χ0) is 21.9. The molecule has 0 aliphatic heterocycles. The van der Waals surface area contributed by atoms with E-state index in [0.29, 0.717) is 5.69 Å². The molecular formula is C20H17F3N4O3. The van der Waals surface area contributed by atoms with E-state index in [-0.39, 0.29) is 11.3 Å². The molecule has 30 heavy (non-hydrogen) atoms. The second-order valence-electron chi connectivity index (χ2n) is 6.45. The number of rotatable bonds is 6. The molecule has 7 nitrogen and oxygen atoms in total. The van der Waals surface area contributed by atoms with Gasteiger partial charge in [0.05, 0.1) is 23.5 Å². The van der Waals surface area contributed by atoms with E-state index in [0.717, 1.165) is 16.8 Å². The normalized spacial score (nSPS) is 12.4. The number of hydrogen-bond acceptors (Lipinski definition) is 5. The van der Waals surface area contributed by atoms with Crippen molar-refractivity contribution < 1.29 is 23.1 Å². The van der Waals surface area contributed by atoms with Crippen molar-refractivity contribution in [1.29, 1.82) is 0 Å². The average Bonchev–Trinajstić information content (AvgIpc) is 2.74. The van der Waals surface area contributed by atoms with E-state index in [9.17, 15) is 22.8 Å². The predicted molar refractivity (Wildman–Crippen MR) is 101 cm³/mol. The Labute approximate surface area is 168 Å². The quantitative estimate of drug-likeness (QED) is 0.641. The van der Waals surface area contributed by atoms with E-state index >= 15 is 0 Å². The van der Waals surface area contributed by atoms with Crippen molar-refractivity contribution >= 4 is 5.91 Å². The minimum atomic E-state index is -3.76. The predicted octanol–water partition coefficient (Wildman–Crippen LogP) is 2.34. The molecule has 1 atom stereocenters. The van der Waals surface area contributed by atoms with Crippen LogP contribution in [0.2, 0.25) is 0 Å². The van der Waals surface area contributed by atoms with Gasteiger partial charge in [-0.15, -0.1) is 0 Å². The number of aliphatic hydroxyl groups is 1. The average molecular weight is 418 g/mol. The van der Waals surface area contributed by atoms with Crippen molar-refractivity contribution in [2.24, 2.45) is 0 Å². The molecule has 0 radical (unpaired) electrons. The highest BCUT2D eigenvalue weighted by Gasteiger charge is 2.35. The smallest absolute Gasteiger partial charge is 0.298 e. The number of carbonyl (C=O) groups excluding carboxylic acids is 1. The SMILES string of the molecule is C[C@@H](NC(=O)c1ccc(=O)n(-c2cccnc2)n1)c1cccc(C(F)(F)CO)c1F. The minimum absolute atomic E-state index is 0.137. The summed E-state index contributed by atoms with van der Waals surface area (Å²) >= 11 is 0.